The number of aryl methyl sites for hydroxylation is 2. The molecule has 4 amide bonds. The lowest BCUT2D eigenvalue weighted by Gasteiger charge is -2.49. The number of nitrogens with one attached hydrogen (secondary N) is 1. The molecule has 2 aliphatic heterocycles. The molecule has 0 unspecified atom stereocenters. The van der Waals surface area contributed by atoms with Crippen molar-refractivity contribution in [2.75, 3.05) is 12.0 Å². The minimum Gasteiger partial charge on any atom is -0.508 e. The van der Waals surface area contributed by atoms with Crippen molar-refractivity contribution in [1.29, 1.82) is 0 Å². The summed E-state index contributed by atoms with van der Waals surface area (Å²) >= 11 is 7.84. The maximum Gasteiger partial charge on any atom is 0.242 e. The zero-order chi connectivity index (χ0) is 33.1. The number of allylic oxidation sites excluding steroid dienone is 2. The molecule has 8 rings (SSSR count). The van der Waals surface area contributed by atoms with Gasteiger partial charge < -0.3 is 9.84 Å². The maximum absolute atomic E-state index is 14.9. The Balaban J connectivity index is 1.27. The maximum atomic E-state index is 14.9. The molecule has 0 spiro atoms. The van der Waals surface area contributed by atoms with E-state index in [1.54, 1.807) is 48.2 Å². The summed E-state index contributed by atoms with van der Waals surface area (Å²) in [5.41, 5.74) is 1.53. The van der Waals surface area contributed by atoms with Crippen LogP contribution < -0.4 is 15.0 Å². The molecule has 47 heavy (non-hydrogen) atoms. The van der Waals surface area contributed by atoms with Gasteiger partial charge in [0.2, 0.25) is 23.6 Å². The van der Waals surface area contributed by atoms with Crippen LogP contribution in [-0.4, -0.2) is 45.6 Å². The number of thiophene rings is 1. The largest absolute Gasteiger partial charge is 0.508 e. The van der Waals surface area contributed by atoms with E-state index < -0.39 is 46.8 Å². The summed E-state index contributed by atoms with van der Waals surface area (Å²) in [5.74, 6) is -3.99. The van der Waals surface area contributed by atoms with Gasteiger partial charge in [0, 0.05) is 34.3 Å². The fourth-order valence-corrected chi connectivity index (χ4v) is 9.91. The molecule has 1 saturated carbocycles. The Kier molecular flexibility index (Phi) is 6.52. The third-order valence-corrected chi connectivity index (χ3v) is 12.4. The molecule has 0 radical (unpaired) electrons. The molecule has 3 fully saturated rings. The van der Waals surface area contributed by atoms with E-state index in [1.165, 1.54) is 18.1 Å². The molecule has 0 bridgehead atoms. The number of hydrogen-bond donors (Lipinski definition) is 2. The van der Waals surface area contributed by atoms with E-state index in [-0.39, 0.29) is 24.0 Å². The molecule has 6 atom stereocenters. The van der Waals surface area contributed by atoms with E-state index in [1.807, 2.05) is 31.2 Å². The van der Waals surface area contributed by atoms with E-state index in [0.717, 1.165) is 26.1 Å². The van der Waals surface area contributed by atoms with Crippen molar-refractivity contribution < 1.29 is 29.0 Å². The minimum atomic E-state index is -1.32. The molecule has 10 nitrogen and oxygen atoms in total. The topological polar surface area (TPSA) is 131 Å². The fourth-order valence-electron chi connectivity index (χ4n) is 8.59. The third kappa shape index (κ3) is 4.05. The van der Waals surface area contributed by atoms with Crippen LogP contribution in [0.5, 0.6) is 11.5 Å². The van der Waals surface area contributed by atoms with E-state index in [2.05, 4.69) is 5.32 Å². The van der Waals surface area contributed by atoms with Gasteiger partial charge in [0.25, 0.3) is 0 Å². The number of hydrogen-bond acceptors (Lipinski definition) is 8. The van der Waals surface area contributed by atoms with Crippen molar-refractivity contribution in [3.05, 3.63) is 70.3 Å². The summed E-state index contributed by atoms with van der Waals surface area (Å²) in [5, 5.41) is 20.1. The smallest absolute Gasteiger partial charge is 0.242 e. The van der Waals surface area contributed by atoms with Crippen molar-refractivity contribution in [3.63, 3.8) is 0 Å². The number of carbonyl (C=O) groups is 4. The van der Waals surface area contributed by atoms with Crippen molar-refractivity contribution in [1.82, 2.24) is 15.1 Å². The Bertz CT molecular complexity index is 2120. The summed E-state index contributed by atoms with van der Waals surface area (Å²) in [6.45, 7) is 3.78. The molecule has 2 N–H and O–H groups in total. The van der Waals surface area contributed by atoms with Gasteiger partial charge in [-0.1, -0.05) is 23.3 Å². The second kappa shape index (κ2) is 10.3. The van der Waals surface area contributed by atoms with Crippen LogP contribution in [0.3, 0.4) is 0 Å². The first kappa shape index (κ1) is 29.9. The zero-order valence-electron chi connectivity index (χ0n) is 26.0. The average molecular weight is 671 g/mol. The highest BCUT2D eigenvalue weighted by molar-refractivity contribution is 7.22. The lowest BCUT2D eigenvalue weighted by Crippen LogP contribution is -2.48. The normalized spacial score (nSPS) is 28.3. The molecule has 2 saturated heterocycles. The number of halogens is 1. The first-order valence-corrected chi connectivity index (χ1v) is 16.7. The summed E-state index contributed by atoms with van der Waals surface area (Å²) in [4.78, 5) is 57.5. The number of amides is 4. The molecule has 4 aromatic rings. The number of imide groups is 2. The number of anilines is 1. The lowest BCUT2D eigenvalue weighted by atomic mass is 9.51. The Morgan fingerprint density at radius 1 is 1.09 bits per heavy atom. The second-order valence-corrected chi connectivity index (χ2v) is 14.6. The van der Waals surface area contributed by atoms with Gasteiger partial charge in [0.05, 0.1) is 35.2 Å². The van der Waals surface area contributed by atoms with E-state index in [4.69, 9.17) is 21.4 Å². The molecule has 2 aliphatic carbocycles. The first-order valence-electron chi connectivity index (χ1n) is 15.5. The van der Waals surface area contributed by atoms with Crippen LogP contribution in [0.1, 0.15) is 36.8 Å². The summed E-state index contributed by atoms with van der Waals surface area (Å²) in [6, 6.07) is 12.3. The quantitative estimate of drug-likeness (QED) is 0.217. The second-order valence-electron chi connectivity index (χ2n) is 13.1. The third-order valence-electron chi connectivity index (χ3n) is 10.9. The molecule has 4 heterocycles. The van der Waals surface area contributed by atoms with Crippen LogP contribution in [0.25, 0.3) is 20.7 Å². The Hall–Kier alpha value is -4.48. The van der Waals surface area contributed by atoms with Gasteiger partial charge >= 0.3 is 0 Å². The number of phenolic OH excluding ortho intramolecular Hbond substituents is 1. The van der Waals surface area contributed by atoms with Crippen molar-refractivity contribution in [3.8, 4) is 22.1 Å². The number of ether oxygens (including phenoxy) is 1. The SMILES string of the molecule is COc1ccc(O)c([C@H]2C3=CC[C@@H]4C(=O)NC(=O)[C@@H]4[C@@H]3C[C@H]3C(=O)N(c4cc(-c5sc6ccc(Cl)cc6c5C)nn4C)C(=O)[C@@]23C)c1. The minimum absolute atomic E-state index is 0.0479. The van der Waals surface area contributed by atoms with Crippen LogP contribution >= 0.6 is 22.9 Å². The Morgan fingerprint density at radius 2 is 1.87 bits per heavy atom. The molecule has 240 valence electrons. The number of aromatic nitrogens is 2. The van der Waals surface area contributed by atoms with Gasteiger partial charge in [0.15, 0.2) is 0 Å². The van der Waals surface area contributed by atoms with Crippen LogP contribution in [0.4, 0.5) is 5.82 Å². The van der Waals surface area contributed by atoms with Gasteiger partial charge in [-0.25, -0.2) is 4.90 Å². The molecule has 2 aromatic carbocycles. The standard InChI is InChI=1S/C35H31ClN4O6S/c1-15-20-11-16(36)5-10-26(20)47-30(15)24-14-27(39(3)38-24)40-33(44)23-13-21-18(7-8-19-28(21)32(43)37-31(19)42)29(35(23,2)34(40)45)22-12-17(46-4)6-9-25(22)41/h5-7,9-12,14,19,21,23,28-29,41H,8,13H2,1-4H3,(H,37,42,43)/t19-,21+,23-,28-,29+,35+/m0/s1. The fraction of sp³-hybridized carbons (Fsp3) is 0.343. The van der Waals surface area contributed by atoms with Gasteiger partial charge in [-0.3, -0.25) is 29.2 Å². The molecule has 2 aromatic heterocycles. The average Bonchev–Trinajstić information content (AvgIpc) is 3.73. The number of methoxy groups -OCH3 is 1. The number of aromatic hydroxyl groups is 1. The van der Waals surface area contributed by atoms with Crippen LogP contribution in [0.2, 0.25) is 5.02 Å². The number of phenols is 1. The van der Waals surface area contributed by atoms with Crippen LogP contribution in [0, 0.1) is 36.0 Å². The number of rotatable bonds is 4. The number of benzene rings is 2. The van der Waals surface area contributed by atoms with Crippen LogP contribution in [0.15, 0.2) is 54.1 Å². The van der Waals surface area contributed by atoms with Gasteiger partial charge in [-0.2, -0.15) is 5.10 Å². The monoisotopic (exact) mass is 670 g/mol. The number of carbonyl (C=O) groups excluding carboxylic acids is 4. The highest BCUT2D eigenvalue weighted by Crippen LogP contribution is 2.64. The summed E-state index contributed by atoms with van der Waals surface area (Å²) in [6.07, 6.45) is 2.48. The Morgan fingerprint density at radius 3 is 2.64 bits per heavy atom. The van der Waals surface area contributed by atoms with Crippen molar-refractivity contribution in [2.24, 2.45) is 36.1 Å². The molecule has 4 aliphatic rings. The highest BCUT2D eigenvalue weighted by atomic mass is 35.5. The van der Waals surface area contributed by atoms with Crippen molar-refractivity contribution >= 4 is 62.5 Å². The predicted molar refractivity (Wildman–Crippen MR) is 176 cm³/mol. The van der Waals surface area contributed by atoms with E-state index in [9.17, 15) is 24.3 Å². The van der Waals surface area contributed by atoms with Gasteiger partial charge in [0.1, 0.15) is 23.0 Å². The summed E-state index contributed by atoms with van der Waals surface area (Å²) < 4.78 is 8.09. The number of fused-ring (bicyclic) bond motifs is 5. The first-order chi connectivity index (χ1) is 22.4. The molecule has 12 heteroatoms. The van der Waals surface area contributed by atoms with Crippen LogP contribution in [-0.2, 0) is 26.2 Å². The predicted octanol–water partition coefficient (Wildman–Crippen LogP) is 5.50. The molecular formula is C35H31ClN4O6S. The zero-order valence-corrected chi connectivity index (χ0v) is 27.6. The highest BCUT2D eigenvalue weighted by Gasteiger charge is 2.67. The Labute approximate surface area is 278 Å². The lowest BCUT2D eigenvalue weighted by molar-refractivity contribution is -0.131. The molecular weight excluding hydrogens is 640 g/mol. The van der Waals surface area contributed by atoms with Gasteiger partial charge in [-0.15, -0.1) is 11.3 Å². The van der Waals surface area contributed by atoms with E-state index in [0.29, 0.717) is 34.3 Å². The number of nitrogens with zero attached hydrogens (tertiary/aromatic N) is 3. The van der Waals surface area contributed by atoms with E-state index >= 15 is 0 Å². The van der Waals surface area contributed by atoms with Crippen molar-refractivity contribution in [2.45, 2.75) is 32.6 Å². The van der Waals surface area contributed by atoms with Gasteiger partial charge in [-0.05, 0) is 80.0 Å². The summed E-state index contributed by atoms with van der Waals surface area (Å²) in [7, 11) is 3.22.